The highest BCUT2D eigenvalue weighted by molar-refractivity contribution is 5.67. The van der Waals surface area contributed by atoms with Gasteiger partial charge in [0.1, 0.15) is 0 Å². The van der Waals surface area contributed by atoms with Crippen molar-refractivity contribution in [2.75, 3.05) is 31.6 Å². The van der Waals surface area contributed by atoms with Crippen LogP contribution in [0.25, 0.3) is 0 Å². The molecular weight excluding hydrogens is 240 g/mol. The Hall–Kier alpha value is -1.55. The summed E-state index contributed by atoms with van der Waals surface area (Å²) in [5.74, 6) is -0.731. The molecular formula is C15H22N2O2. The predicted octanol–water partition coefficient (Wildman–Crippen LogP) is 2.06. The molecule has 0 saturated carbocycles. The zero-order valence-electron chi connectivity index (χ0n) is 11.5. The minimum Gasteiger partial charge on any atom is -0.481 e. The number of carboxylic acid groups (broad SMARTS) is 1. The molecule has 0 spiro atoms. The van der Waals surface area contributed by atoms with Gasteiger partial charge in [-0.25, -0.2) is 0 Å². The zero-order chi connectivity index (χ0) is 13.7. The van der Waals surface area contributed by atoms with Gasteiger partial charge >= 0.3 is 5.97 Å². The van der Waals surface area contributed by atoms with Crippen molar-refractivity contribution in [1.29, 1.82) is 0 Å². The van der Waals surface area contributed by atoms with E-state index in [2.05, 4.69) is 29.0 Å². The van der Waals surface area contributed by atoms with Gasteiger partial charge in [-0.05, 0) is 38.6 Å². The van der Waals surface area contributed by atoms with E-state index in [1.54, 1.807) is 0 Å². The highest BCUT2D eigenvalue weighted by Crippen LogP contribution is 2.22. The predicted molar refractivity (Wildman–Crippen MR) is 76.6 cm³/mol. The third kappa shape index (κ3) is 3.96. The molecule has 0 radical (unpaired) electrons. The number of likely N-dealkylation sites (tertiary alicyclic amines) is 1. The number of carbonyl (C=O) groups is 1. The number of hydrogen-bond donors (Lipinski definition) is 1. The van der Waals surface area contributed by atoms with E-state index in [0.717, 1.165) is 25.2 Å². The number of benzene rings is 1. The molecule has 1 aliphatic heterocycles. The Morgan fingerprint density at radius 2 is 2.16 bits per heavy atom. The maximum Gasteiger partial charge on any atom is 0.305 e. The standard InChI is InChI=1S/C15H22N2O2/c1-16-10-5-8-14(12-16)17(11-9-15(18)19)13-6-3-2-4-7-13/h2-4,6-7,14H,5,8-12H2,1H3,(H,18,19). The molecule has 1 saturated heterocycles. The second-order valence-electron chi connectivity index (χ2n) is 5.23. The second-order valence-corrected chi connectivity index (χ2v) is 5.23. The topological polar surface area (TPSA) is 43.8 Å². The van der Waals surface area contributed by atoms with Crippen molar-refractivity contribution in [3.8, 4) is 0 Å². The van der Waals surface area contributed by atoms with Gasteiger partial charge in [-0.3, -0.25) is 4.79 Å². The van der Waals surface area contributed by atoms with Crippen molar-refractivity contribution in [3.05, 3.63) is 30.3 Å². The summed E-state index contributed by atoms with van der Waals surface area (Å²) in [6, 6.07) is 10.6. The van der Waals surface area contributed by atoms with E-state index >= 15 is 0 Å². The summed E-state index contributed by atoms with van der Waals surface area (Å²) in [6.45, 7) is 2.73. The molecule has 1 aromatic rings. The van der Waals surface area contributed by atoms with Crippen LogP contribution >= 0.6 is 0 Å². The molecule has 0 bridgehead atoms. The van der Waals surface area contributed by atoms with Crippen LogP contribution in [0, 0.1) is 0 Å². The number of anilines is 1. The number of piperidine rings is 1. The molecule has 4 nitrogen and oxygen atoms in total. The maximum absolute atomic E-state index is 10.8. The van der Waals surface area contributed by atoms with E-state index < -0.39 is 5.97 Å². The Morgan fingerprint density at radius 1 is 1.42 bits per heavy atom. The molecule has 1 heterocycles. The first-order chi connectivity index (χ1) is 9.16. The normalized spacial score (nSPS) is 20.2. The summed E-state index contributed by atoms with van der Waals surface area (Å²) in [5, 5.41) is 8.92. The largest absolute Gasteiger partial charge is 0.481 e. The zero-order valence-corrected chi connectivity index (χ0v) is 11.5. The minimum atomic E-state index is -0.731. The van der Waals surface area contributed by atoms with Crippen molar-refractivity contribution in [3.63, 3.8) is 0 Å². The summed E-state index contributed by atoms with van der Waals surface area (Å²) in [4.78, 5) is 15.4. The van der Waals surface area contributed by atoms with Crippen molar-refractivity contribution in [1.82, 2.24) is 4.90 Å². The quantitative estimate of drug-likeness (QED) is 0.882. The third-order valence-electron chi connectivity index (χ3n) is 3.69. The molecule has 1 atom stereocenters. The Kier molecular flexibility index (Phi) is 4.80. The van der Waals surface area contributed by atoms with Crippen LogP contribution in [0.4, 0.5) is 5.69 Å². The summed E-state index contributed by atoms with van der Waals surface area (Å²) in [7, 11) is 2.13. The molecule has 0 aliphatic carbocycles. The van der Waals surface area contributed by atoms with Crippen molar-refractivity contribution < 1.29 is 9.90 Å². The molecule has 104 valence electrons. The second kappa shape index (κ2) is 6.57. The van der Waals surface area contributed by atoms with Gasteiger partial charge in [0.2, 0.25) is 0 Å². The van der Waals surface area contributed by atoms with Crippen LogP contribution in [-0.2, 0) is 4.79 Å². The molecule has 0 aromatic heterocycles. The van der Waals surface area contributed by atoms with Crippen LogP contribution in [0.5, 0.6) is 0 Å². The Balaban J connectivity index is 2.11. The minimum absolute atomic E-state index is 0.190. The van der Waals surface area contributed by atoms with E-state index in [-0.39, 0.29) is 6.42 Å². The lowest BCUT2D eigenvalue weighted by Gasteiger charge is -2.39. The number of likely N-dealkylation sites (N-methyl/N-ethyl adjacent to an activating group) is 1. The third-order valence-corrected chi connectivity index (χ3v) is 3.69. The number of carboxylic acids is 1. The van der Waals surface area contributed by atoms with Gasteiger partial charge in [-0.15, -0.1) is 0 Å². The number of hydrogen-bond acceptors (Lipinski definition) is 3. The number of nitrogens with zero attached hydrogens (tertiary/aromatic N) is 2. The van der Waals surface area contributed by atoms with E-state index in [9.17, 15) is 4.79 Å². The van der Waals surface area contributed by atoms with Crippen LogP contribution in [0.1, 0.15) is 19.3 Å². The molecule has 1 N–H and O–H groups in total. The van der Waals surface area contributed by atoms with Crippen molar-refractivity contribution in [2.24, 2.45) is 0 Å². The van der Waals surface area contributed by atoms with Crippen LogP contribution in [-0.4, -0.2) is 48.7 Å². The summed E-state index contributed by atoms with van der Waals surface area (Å²) in [5.41, 5.74) is 1.13. The first-order valence-electron chi connectivity index (χ1n) is 6.89. The monoisotopic (exact) mass is 262 g/mol. The highest BCUT2D eigenvalue weighted by atomic mass is 16.4. The lowest BCUT2D eigenvalue weighted by Crippen LogP contribution is -2.47. The van der Waals surface area contributed by atoms with Crippen LogP contribution in [0.2, 0.25) is 0 Å². The highest BCUT2D eigenvalue weighted by Gasteiger charge is 2.24. The van der Waals surface area contributed by atoms with Gasteiger partial charge in [-0.2, -0.15) is 0 Å². The van der Waals surface area contributed by atoms with E-state index in [1.165, 1.54) is 6.42 Å². The number of rotatable bonds is 5. The van der Waals surface area contributed by atoms with Gasteiger partial charge in [0, 0.05) is 24.8 Å². The Bertz CT molecular complexity index is 408. The van der Waals surface area contributed by atoms with E-state index in [1.807, 2.05) is 18.2 Å². The molecule has 1 fully saturated rings. The molecule has 19 heavy (non-hydrogen) atoms. The fourth-order valence-electron chi connectivity index (χ4n) is 2.75. The average molecular weight is 262 g/mol. The fraction of sp³-hybridized carbons (Fsp3) is 0.533. The molecule has 2 rings (SSSR count). The van der Waals surface area contributed by atoms with Crippen LogP contribution < -0.4 is 4.90 Å². The fourth-order valence-corrected chi connectivity index (χ4v) is 2.75. The Labute approximate surface area is 114 Å². The first-order valence-corrected chi connectivity index (χ1v) is 6.89. The number of para-hydroxylation sites is 1. The SMILES string of the molecule is CN1CCCC(N(CCC(=O)O)c2ccccc2)C1. The van der Waals surface area contributed by atoms with Gasteiger partial charge in [0.05, 0.1) is 6.42 Å². The van der Waals surface area contributed by atoms with Crippen LogP contribution in [0.3, 0.4) is 0 Å². The lowest BCUT2D eigenvalue weighted by atomic mass is 10.0. The van der Waals surface area contributed by atoms with Crippen molar-refractivity contribution in [2.45, 2.75) is 25.3 Å². The average Bonchev–Trinajstić information content (AvgIpc) is 2.40. The maximum atomic E-state index is 10.8. The molecule has 0 amide bonds. The summed E-state index contributed by atoms with van der Waals surface area (Å²) in [6.07, 6.45) is 2.51. The molecule has 1 aliphatic rings. The molecule has 1 unspecified atom stereocenters. The van der Waals surface area contributed by atoms with Gasteiger partial charge in [-0.1, -0.05) is 18.2 Å². The molecule has 4 heteroatoms. The Morgan fingerprint density at radius 3 is 2.79 bits per heavy atom. The van der Waals surface area contributed by atoms with Gasteiger partial charge < -0.3 is 14.9 Å². The van der Waals surface area contributed by atoms with Gasteiger partial charge in [0.15, 0.2) is 0 Å². The van der Waals surface area contributed by atoms with Crippen molar-refractivity contribution >= 4 is 11.7 Å². The van der Waals surface area contributed by atoms with Crippen LogP contribution in [0.15, 0.2) is 30.3 Å². The smallest absolute Gasteiger partial charge is 0.305 e. The first kappa shape index (κ1) is 13.9. The van der Waals surface area contributed by atoms with E-state index in [4.69, 9.17) is 5.11 Å². The summed E-state index contributed by atoms with van der Waals surface area (Å²) >= 11 is 0. The number of aliphatic carboxylic acids is 1. The van der Waals surface area contributed by atoms with E-state index in [0.29, 0.717) is 12.6 Å². The van der Waals surface area contributed by atoms with Gasteiger partial charge in [0.25, 0.3) is 0 Å². The lowest BCUT2D eigenvalue weighted by molar-refractivity contribution is -0.136. The molecule has 1 aromatic carbocycles. The summed E-state index contributed by atoms with van der Waals surface area (Å²) < 4.78 is 0.